The standard InChI is InChI=1S/C22H31N3O4/c1-11(2)10-25-15(6)18(13(4)24-25)9-19(27)29-17(8)22(28)21-12(3)20(16(7)26)14(5)23-21/h11,17,23H,9-10H2,1-8H3. The van der Waals surface area contributed by atoms with Gasteiger partial charge < -0.3 is 9.72 Å². The highest BCUT2D eigenvalue weighted by atomic mass is 16.5. The van der Waals surface area contributed by atoms with Crippen LogP contribution in [0.4, 0.5) is 0 Å². The van der Waals surface area contributed by atoms with Gasteiger partial charge in [-0.1, -0.05) is 13.8 Å². The van der Waals surface area contributed by atoms with Gasteiger partial charge >= 0.3 is 5.97 Å². The minimum Gasteiger partial charge on any atom is -0.454 e. The monoisotopic (exact) mass is 401 g/mol. The molecule has 0 aliphatic rings. The van der Waals surface area contributed by atoms with Crippen molar-refractivity contribution in [3.05, 3.63) is 39.5 Å². The second-order valence-corrected chi connectivity index (χ2v) is 8.08. The largest absolute Gasteiger partial charge is 0.454 e. The van der Waals surface area contributed by atoms with E-state index in [0.29, 0.717) is 28.4 Å². The summed E-state index contributed by atoms with van der Waals surface area (Å²) in [6, 6.07) is 0. The van der Waals surface area contributed by atoms with Crippen LogP contribution < -0.4 is 0 Å². The van der Waals surface area contributed by atoms with Crippen molar-refractivity contribution in [3.63, 3.8) is 0 Å². The van der Waals surface area contributed by atoms with E-state index in [-0.39, 0.29) is 18.0 Å². The van der Waals surface area contributed by atoms with E-state index < -0.39 is 12.1 Å². The molecular formula is C22H31N3O4. The van der Waals surface area contributed by atoms with Crippen molar-refractivity contribution >= 4 is 17.5 Å². The van der Waals surface area contributed by atoms with Crippen LogP contribution in [0.2, 0.25) is 0 Å². The van der Waals surface area contributed by atoms with E-state index in [2.05, 4.69) is 23.9 Å². The predicted octanol–water partition coefficient (Wildman–Crippen LogP) is 3.66. The Bertz CT molecular complexity index is 950. The van der Waals surface area contributed by atoms with E-state index in [0.717, 1.165) is 23.5 Å². The Balaban J connectivity index is 2.12. The first-order valence-electron chi connectivity index (χ1n) is 9.90. The number of Topliss-reactive ketones (excluding diaryl/α,β-unsaturated/α-hetero) is 2. The molecule has 158 valence electrons. The molecule has 2 heterocycles. The van der Waals surface area contributed by atoms with E-state index in [4.69, 9.17) is 4.74 Å². The summed E-state index contributed by atoms with van der Waals surface area (Å²) in [5.74, 6) is -0.494. The van der Waals surface area contributed by atoms with Crippen molar-refractivity contribution in [1.29, 1.82) is 0 Å². The number of ketones is 2. The highest BCUT2D eigenvalue weighted by molar-refractivity contribution is 6.05. The molecule has 0 saturated carbocycles. The fraction of sp³-hybridized carbons (Fsp3) is 0.545. The topological polar surface area (TPSA) is 94.0 Å². The average Bonchev–Trinajstić information content (AvgIpc) is 3.03. The summed E-state index contributed by atoms with van der Waals surface area (Å²) in [5.41, 5.74) is 4.61. The number of aromatic amines is 1. The highest BCUT2D eigenvalue weighted by Gasteiger charge is 2.26. The third-order valence-corrected chi connectivity index (χ3v) is 5.10. The fourth-order valence-electron chi connectivity index (χ4n) is 3.68. The number of carbonyl (C=O) groups excluding carboxylic acids is 3. The number of hydrogen-bond acceptors (Lipinski definition) is 5. The Labute approximate surface area is 171 Å². The van der Waals surface area contributed by atoms with Gasteiger partial charge in [0.05, 0.1) is 17.8 Å². The van der Waals surface area contributed by atoms with Gasteiger partial charge in [0.1, 0.15) is 0 Å². The van der Waals surface area contributed by atoms with Crippen LogP contribution in [-0.2, 0) is 22.5 Å². The summed E-state index contributed by atoms with van der Waals surface area (Å²) in [6.07, 6.45) is -0.889. The SMILES string of the molecule is CC(=O)c1c(C)[nH]c(C(=O)C(C)OC(=O)Cc2c(C)nn(CC(C)C)c2C)c1C. The first-order valence-corrected chi connectivity index (χ1v) is 9.90. The zero-order chi connectivity index (χ0) is 22.0. The molecule has 1 N–H and O–H groups in total. The molecule has 7 heteroatoms. The summed E-state index contributed by atoms with van der Waals surface area (Å²) < 4.78 is 7.31. The minimum absolute atomic E-state index is 0.0643. The maximum absolute atomic E-state index is 12.8. The van der Waals surface area contributed by atoms with E-state index in [1.54, 1.807) is 20.8 Å². The third kappa shape index (κ3) is 4.83. The molecule has 2 aromatic rings. The zero-order valence-electron chi connectivity index (χ0n) is 18.6. The molecule has 0 fully saturated rings. The highest BCUT2D eigenvalue weighted by Crippen LogP contribution is 2.21. The summed E-state index contributed by atoms with van der Waals surface area (Å²) in [7, 11) is 0. The van der Waals surface area contributed by atoms with Gasteiger partial charge in [-0.05, 0) is 53.0 Å². The van der Waals surface area contributed by atoms with Crippen LogP contribution in [0.3, 0.4) is 0 Å². The summed E-state index contributed by atoms with van der Waals surface area (Å²) in [4.78, 5) is 40.0. The normalized spacial score (nSPS) is 12.3. The smallest absolute Gasteiger partial charge is 0.311 e. The molecule has 1 atom stereocenters. The van der Waals surface area contributed by atoms with Gasteiger partial charge in [-0.15, -0.1) is 0 Å². The molecule has 0 aliphatic heterocycles. The molecule has 2 rings (SSSR count). The van der Waals surface area contributed by atoms with Gasteiger partial charge in [0.25, 0.3) is 0 Å². The molecule has 29 heavy (non-hydrogen) atoms. The van der Waals surface area contributed by atoms with Crippen molar-refractivity contribution in [1.82, 2.24) is 14.8 Å². The van der Waals surface area contributed by atoms with Gasteiger partial charge in [0.2, 0.25) is 5.78 Å². The number of carbonyl (C=O) groups is 3. The predicted molar refractivity (Wildman–Crippen MR) is 110 cm³/mol. The zero-order valence-corrected chi connectivity index (χ0v) is 18.6. The molecule has 0 spiro atoms. The van der Waals surface area contributed by atoms with Gasteiger partial charge in [-0.25, -0.2) is 0 Å². The lowest BCUT2D eigenvalue weighted by Crippen LogP contribution is -2.26. The molecular weight excluding hydrogens is 370 g/mol. The number of H-pyrrole nitrogens is 1. The average molecular weight is 402 g/mol. The Morgan fingerprint density at radius 2 is 1.72 bits per heavy atom. The summed E-state index contributed by atoms with van der Waals surface area (Å²) >= 11 is 0. The van der Waals surface area contributed by atoms with Crippen LogP contribution in [0, 0.1) is 33.6 Å². The van der Waals surface area contributed by atoms with E-state index in [1.807, 2.05) is 18.5 Å². The van der Waals surface area contributed by atoms with Gasteiger partial charge in [0.15, 0.2) is 11.9 Å². The first kappa shape index (κ1) is 22.6. The molecule has 0 aromatic carbocycles. The van der Waals surface area contributed by atoms with Gasteiger partial charge in [-0.3, -0.25) is 19.1 Å². The molecule has 0 bridgehead atoms. The molecule has 0 amide bonds. The van der Waals surface area contributed by atoms with Crippen LogP contribution in [-0.4, -0.2) is 38.4 Å². The van der Waals surface area contributed by atoms with E-state index in [1.165, 1.54) is 6.92 Å². The third-order valence-electron chi connectivity index (χ3n) is 5.10. The number of hydrogen-bond donors (Lipinski definition) is 1. The van der Waals surface area contributed by atoms with Gasteiger partial charge in [-0.2, -0.15) is 5.10 Å². The van der Waals surface area contributed by atoms with Crippen LogP contribution in [0.1, 0.15) is 76.8 Å². The maximum Gasteiger partial charge on any atom is 0.311 e. The van der Waals surface area contributed by atoms with Crippen LogP contribution in [0.15, 0.2) is 0 Å². The quantitative estimate of drug-likeness (QED) is 0.538. The molecule has 0 radical (unpaired) electrons. The van der Waals surface area contributed by atoms with Gasteiger partial charge in [0, 0.05) is 29.1 Å². The number of nitrogens with zero attached hydrogens (tertiary/aromatic N) is 2. The second kappa shape index (κ2) is 8.76. The van der Waals surface area contributed by atoms with Crippen molar-refractivity contribution < 1.29 is 19.1 Å². The van der Waals surface area contributed by atoms with Crippen molar-refractivity contribution in [3.8, 4) is 0 Å². The lowest BCUT2D eigenvalue weighted by molar-refractivity contribution is -0.145. The van der Waals surface area contributed by atoms with E-state index in [9.17, 15) is 14.4 Å². The Morgan fingerprint density at radius 3 is 2.24 bits per heavy atom. The number of ether oxygens (including phenoxy) is 1. The van der Waals surface area contributed by atoms with Crippen LogP contribution in [0.5, 0.6) is 0 Å². The summed E-state index contributed by atoms with van der Waals surface area (Å²) in [6.45, 7) is 15.3. The van der Waals surface area contributed by atoms with Crippen LogP contribution >= 0.6 is 0 Å². The number of esters is 1. The lowest BCUT2D eigenvalue weighted by atomic mass is 10.0. The molecule has 2 aromatic heterocycles. The maximum atomic E-state index is 12.8. The van der Waals surface area contributed by atoms with E-state index >= 15 is 0 Å². The van der Waals surface area contributed by atoms with Crippen LogP contribution in [0.25, 0.3) is 0 Å². The van der Waals surface area contributed by atoms with Crippen molar-refractivity contribution in [2.24, 2.45) is 5.92 Å². The summed E-state index contributed by atoms with van der Waals surface area (Å²) in [5, 5.41) is 4.51. The Kier molecular flexibility index (Phi) is 6.82. The molecule has 7 nitrogen and oxygen atoms in total. The number of aromatic nitrogens is 3. The molecule has 1 unspecified atom stereocenters. The molecule has 0 saturated heterocycles. The Hall–Kier alpha value is -2.70. The number of rotatable bonds is 8. The minimum atomic E-state index is -0.953. The first-order chi connectivity index (χ1) is 13.4. The molecule has 0 aliphatic carbocycles. The second-order valence-electron chi connectivity index (χ2n) is 8.08. The Morgan fingerprint density at radius 1 is 1.10 bits per heavy atom. The number of nitrogens with one attached hydrogen (secondary N) is 1. The van der Waals surface area contributed by atoms with Crippen molar-refractivity contribution in [2.75, 3.05) is 0 Å². The lowest BCUT2D eigenvalue weighted by Gasteiger charge is -2.13. The number of aryl methyl sites for hydroxylation is 2. The fourth-order valence-corrected chi connectivity index (χ4v) is 3.68. The van der Waals surface area contributed by atoms with Crippen molar-refractivity contribution in [2.45, 2.75) is 74.5 Å².